The normalized spacial score (nSPS) is 11.4. The molecule has 1 N–H and O–H groups in total. The Hall–Kier alpha value is -4.55. The van der Waals surface area contributed by atoms with Gasteiger partial charge in [-0.05, 0) is 49.6 Å². The largest absolute Gasteiger partial charge is 0.457 e. The van der Waals surface area contributed by atoms with Crippen molar-refractivity contribution < 1.29 is 32.0 Å². The van der Waals surface area contributed by atoms with E-state index < -0.39 is 40.8 Å². The van der Waals surface area contributed by atoms with E-state index >= 15 is 0 Å². The molecule has 2 aromatic carbocycles. The van der Waals surface area contributed by atoms with Crippen LogP contribution in [0.1, 0.15) is 51.4 Å². The molecule has 0 atom stereocenters. The second-order valence-corrected chi connectivity index (χ2v) is 8.24. The van der Waals surface area contributed by atoms with E-state index in [0.717, 1.165) is 28.8 Å². The minimum absolute atomic E-state index is 0.0383. The van der Waals surface area contributed by atoms with Gasteiger partial charge in [0.25, 0.3) is 24.4 Å². The highest BCUT2D eigenvalue weighted by Gasteiger charge is 2.23. The number of rotatable bonds is 7. The molecule has 0 aliphatic rings. The summed E-state index contributed by atoms with van der Waals surface area (Å²) in [6.07, 6.45) is -6.28. The van der Waals surface area contributed by atoms with Gasteiger partial charge in [-0.25, -0.2) is 27.1 Å². The Bertz CT molecular complexity index is 1540. The van der Waals surface area contributed by atoms with Crippen LogP contribution in [0.5, 0.6) is 11.5 Å². The van der Waals surface area contributed by atoms with Crippen LogP contribution in [0.15, 0.2) is 42.5 Å². The van der Waals surface area contributed by atoms with Gasteiger partial charge in [0.05, 0.1) is 16.7 Å². The Morgan fingerprint density at radius 2 is 1.76 bits per heavy atom. The van der Waals surface area contributed by atoms with Crippen LogP contribution in [0.25, 0.3) is 5.65 Å². The van der Waals surface area contributed by atoms with Crippen molar-refractivity contribution in [2.45, 2.75) is 33.6 Å². The molecular weight excluding hydrogens is 498 g/mol. The number of aromatic nitrogens is 3. The average Bonchev–Trinajstić information content (AvgIpc) is 3.25. The fourth-order valence-electron chi connectivity index (χ4n) is 3.65. The number of hydrogen-bond donors (Lipinski definition) is 1. The maximum absolute atomic E-state index is 13.4. The van der Waals surface area contributed by atoms with Crippen molar-refractivity contribution in [3.63, 3.8) is 0 Å². The number of ether oxygens (including phenoxy) is 1. The molecule has 0 saturated carbocycles. The number of nitrogens with zero attached hydrogens (tertiary/aromatic N) is 4. The number of halogens is 4. The lowest BCUT2D eigenvalue weighted by Crippen LogP contribution is -2.13. The summed E-state index contributed by atoms with van der Waals surface area (Å²) in [6.45, 7) is 5.59. The van der Waals surface area contributed by atoms with Crippen molar-refractivity contribution >= 4 is 22.9 Å². The van der Waals surface area contributed by atoms with Crippen molar-refractivity contribution in [2.75, 3.05) is 5.32 Å². The molecule has 192 valence electrons. The van der Waals surface area contributed by atoms with E-state index in [2.05, 4.69) is 15.4 Å². The fourth-order valence-corrected chi connectivity index (χ4v) is 3.65. The molecule has 0 saturated heterocycles. The van der Waals surface area contributed by atoms with Gasteiger partial charge in [-0.3, -0.25) is 14.9 Å². The molecule has 0 bridgehead atoms. The van der Waals surface area contributed by atoms with E-state index in [1.807, 2.05) is 26.8 Å². The number of hydrogen-bond acceptors (Lipinski definition) is 6. The van der Waals surface area contributed by atoms with Crippen LogP contribution in [-0.2, 0) is 0 Å². The predicted octanol–water partition coefficient (Wildman–Crippen LogP) is 6.48. The molecule has 4 aromatic rings. The van der Waals surface area contributed by atoms with Crippen LogP contribution in [0.4, 0.5) is 28.9 Å². The number of benzene rings is 2. The molecule has 0 aliphatic heterocycles. The standard InChI is InChI=1S/C24H19F4N5O4/c1-11-4-12(2)13(3)20(5-11)37-16-7-14(6-15(8-16)33(35)36)29-24(34)18-10-21-30-17(22(25)26)9-19(23(27)28)32(21)31-18/h4-10,22-23H,1-3H3,(H,29,34). The Morgan fingerprint density at radius 3 is 2.41 bits per heavy atom. The SMILES string of the molecule is Cc1cc(C)c(C)c(Oc2cc(NC(=O)c3cc4nc(C(F)F)cc(C(F)F)n4n3)cc([N+](=O)[O-])c2)c1. The number of non-ortho nitro benzene ring substituents is 1. The van der Waals surface area contributed by atoms with Gasteiger partial charge in [-0.2, -0.15) is 5.10 Å². The zero-order chi connectivity index (χ0) is 27.0. The van der Waals surface area contributed by atoms with Crippen molar-refractivity contribution in [3.05, 3.63) is 86.4 Å². The molecule has 4 rings (SSSR count). The third-order valence-electron chi connectivity index (χ3n) is 5.51. The number of nitro benzene ring substituents is 1. The molecular formula is C24H19F4N5O4. The lowest BCUT2D eigenvalue weighted by atomic mass is 10.1. The minimum atomic E-state index is -3.16. The zero-order valence-corrected chi connectivity index (χ0v) is 19.6. The summed E-state index contributed by atoms with van der Waals surface area (Å²) in [6, 6.07) is 8.79. The molecule has 2 heterocycles. The van der Waals surface area contributed by atoms with Gasteiger partial charge < -0.3 is 10.1 Å². The Labute approximate surface area is 206 Å². The van der Waals surface area contributed by atoms with E-state index in [-0.39, 0.29) is 22.8 Å². The molecule has 0 radical (unpaired) electrons. The highest BCUT2D eigenvalue weighted by Crippen LogP contribution is 2.33. The predicted molar refractivity (Wildman–Crippen MR) is 125 cm³/mol. The quantitative estimate of drug-likeness (QED) is 0.171. The van der Waals surface area contributed by atoms with E-state index in [0.29, 0.717) is 16.3 Å². The maximum Gasteiger partial charge on any atom is 0.280 e. The van der Waals surface area contributed by atoms with E-state index in [4.69, 9.17) is 4.74 Å². The number of alkyl halides is 4. The summed E-state index contributed by atoms with van der Waals surface area (Å²) in [5, 5.41) is 17.6. The molecule has 0 unspecified atom stereocenters. The molecule has 0 spiro atoms. The summed E-state index contributed by atoms with van der Waals surface area (Å²) < 4.78 is 59.4. The Morgan fingerprint density at radius 1 is 1.03 bits per heavy atom. The third-order valence-corrected chi connectivity index (χ3v) is 5.51. The Balaban J connectivity index is 1.68. The van der Waals surface area contributed by atoms with Gasteiger partial charge in [0, 0.05) is 18.2 Å². The number of aryl methyl sites for hydroxylation is 2. The van der Waals surface area contributed by atoms with E-state index in [1.54, 1.807) is 6.07 Å². The average molecular weight is 517 g/mol. The van der Waals surface area contributed by atoms with Crippen molar-refractivity contribution in [3.8, 4) is 11.5 Å². The molecule has 0 aliphatic carbocycles. The first-order chi connectivity index (χ1) is 17.4. The molecule has 9 nitrogen and oxygen atoms in total. The fraction of sp³-hybridized carbons (Fsp3) is 0.208. The van der Waals surface area contributed by atoms with Crippen LogP contribution in [0, 0.1) is 30.9 Å². The zero-order valence-electron chi connectivity index (χ0n) is 19.6. The smallest absolute Gasteiger partial charge is 0.280 e. The van der Waals surface area contributed by atoms with Crippen molar-refractivity contribution in [2.24, 2.45) is 0 Å². The number of nitrogens with one attached hydrogen (secondary N) is 1. The number of fused-ring (bicyclic) bond motifs is 1. The van der Waals surface area contributed by atoms with Gasteiger partial charge in [-0.15, -0.1) is 0 Å². The monoisotopic (exact) mass is 517 g/mol. The molecule has 1 amide bonds. The second-order valence-electron chi connectivity index (χ2n) is 8.24. The first-order valence-electron chi connectivity index (χ1n) is 10.8. The van der Waals surface area contributed by atoms with Crippen molar-refractivity contribution in [1.82, 2.24) is 14.6 Å². The second kappa shape index (κ2) is 9.84. The van der Waals surface area contributed by atoms with Gasteiger partial charge in [-0.1, -0.05) is 6.07 Å². The van der Waals surface area contributed by atoms with Gasteiger partial charge in [0.15, 0.2) is 11.3 Å². The Kier molecular flexibility index (Phi) is 6.79. The topological polar surface area (TPSA) is 112 Å². The van der Waals surface area contributed by atoms with E-state index in [1.165, 1.54) is 12.1 Å². The van der Waals surface area contributed by atoms with Crippen LogP contribution < -0.4 is 10.1 Å². The lowest BCUT2D eigenvalue weighted by molar-refractivity contribution is -0.384. The van der Waals surface area contributed by atoms with Gasteiger partial charge in [0.1, 0.15) is 22.9 Å². The minimum Gasteiger partial charge on any atom is -0.457 e. The van der Waals surface area contributed by atoms with Crippen LogP contribution in [-0.4, -0.2) is 25.4 Å². The molecule has 2 aromatic heterocycles. The highest BCUT2D eigenvalue weighted by molar-refractivity contribution is 6.03. The van der Waals surface area contributed by atoms with Gasteiger partial charge >= 0.3 is 0 Å². The molecule has 37 heavy (non-hydrogen) atoms. The molecule has 13 heteroatoms. The molecule has 0 fully saturated rings. The van der Waals surface area contributed by atoms with E-state index in [9.17, 15) is 32.5 Å². The van der Waals surface area contributed by atoms with Crippen LogP contribution in [0.2, 0.25) is 0 Å². The van der Waals surface area contributed by atoms with Crippen LogP contribution >= 0.6 is 0 Å². The lowest BCUT2D eigenvalue weighted by Gasteiger charge is -2.13. The summed E-state index contributed by atoms with van der Waals surface area (Å²) >= 11 is 0. The first kappa shape index (κ1) is 25.5. The summed E-state index contributed by atoms with van der Waals surface area (Å²) in [5.74, 6) is -0.398. The number of anilines is 1. The van der Waals surface area contributed by atoms with Crippen LogP contribution in [0.3, 0.4) is 0 Å². The summed E-state index contributed by atoms with van der Waals surface area (Å²) in [4.78, 5) is 27.2. The highest BCUT2D eigenvalue weighted by atomic mass is 19.3. The number of carbonyl (C=O) groups excluding carboxylic acids is 1. The summed E-state index contributed by atoms with van der Waals surface area (Å²) in [7, 11) is 0. The number of nitro groups is 1. The third kappa shape index (κ3) is 5.34. The van der Waals surface area contributed by atoms with Crippen molar-refractivity contribution in [1.29, 1.82) is 0 Å². The number of amides is 1. The maximum atomic E-state index is 13.4. The first-order valence-corrected chi connectivity index (χ1v) is 10.8. The number of carbonyl (C=O) groups is 1. The summed E-state index contributed by atoms with van der Waals surface area (Å²) in [5.41, 5.74) is -0.296. The van der Waals surface area contributed by atoms with Gasteiger partial charge in [0.2, 0.25) is 0 Å².